The molecule has 1 N–H and O–H groups in total. The Morgan fingerprint density at radius 2 is 1.71 bits per heavy atom. The lowest BCUT2D eigenvalue weighted by atomic mass is 9.65. The number of carbonyl (C=O) groups excluding carboxylic acids is 3. The van der Waals surface area contributed by atoms with Crippen LogP contribution in [-0.2, 0) is 19.1 Å². The molecule has 1 aromatic rings. The van der Waals surface area contributed by atoms with Crippen LogP contribution in [0.2, 0.25) is 0 Å². The normalized spacial score (nSPS) is 27.2. The van der Waals surface area contributed by atoms with Gasteiger partial charge in [-0.25, -0.2) is 0 Å². The number of carbonyl (C=O) groups is 3. The minimum Gasteiger partial charge on any atom is -0.494 e. The van der Waals surface area contributed by atoms with Crippen LogP contribution in [0.4, 0.5) is 5.69 Å². The third-order valence-corrected chi connectivity index (χ3v) is 10.4. The van der Waals surface area contributed by atoms with E-state index >= 15 is 4.79 Å². The van der Waals surface area contributed by atoms with Gasteiger partial charge in [-0.3, -0.25) is 14.4 Å². The molecule has 3 aliphatic rings. The minimum absolute atomic E-state index is 0.0801. The predicted octanol–water partition coefficient (Wildman–Crippen LogP) is 6.01. The van der Waals surface area contributed by atoms with Crippen molar-refractivity contribution >= 4 is 23.4 Å². The summed E-state index contributed by atoms with van der Waals surface area (Å²) < 4.78 is 12.6. The van der Waals surface area contributed by atoms with Gasteiger partial charge in [0.1, 0.15) is 17.4 Å². The highest BCUT2D eigenvalue weighted by Crippen LogP contribution is 2.64. The molecule has 4 rings (SSSR count). The lowest BCUT2D eigenvalue weighted by molar-refractivity contribution is -0.159. The molecule has 3 saturated heterocycles. The number of amides is 3. The van der Waals surface area contributed by atoms with Crippen LogP contribution in [0.3, 0.4) is 0 Å². The average molecular weight is 666 g/mol. The maximum absolute atomic E-state index is 15.2. The summed E-state index contributed by atoms with van der Waals surface area (Å²) in [5.74, 6) is -1.64. The maximum Gasteiger partial charge on any atom is 0.249 e. The van der Waals surface area contributed by atoms with Gasteiger partial charge in [0.05, 0.1) is 36.7 Å². The van der Waals surface area contributed by atoms with E-state index in [1.165, 1.54) is 0 Å². The van der Waals surface area contributed by atoms with Gasteiger partial charge < -0.3 is 29.3 Å². The van der Waals surface area contributed by atoms with Crippen molar-refractivity contribution in [2.24, 2.45) is 23.2 Å². The van der Waals surface area contributed by atoms with Crippen molar-refractivity contribution in [3.63, 3.8) is 0 Å². The topological polar surface area (TPSA) is 99.6 Å². The first-order valence-corrected chi connectivity index (χ1v) is 17.6. The second-order valence-electron chi connectivity index (χ2n) is 16.4. The van der Waals surface area contributed by atoms with Gasteiger partial charge in [-0.2, -0.15) is 0 Å². The van der Waals surface area contributed by atoms with Gasteiger partial charge in [-0.05, 0) is 89.0 Å². The summed E-state index contributed by atoms with van der Waals surface area (Å²) >= 11 is 0. The second kappa shape index (κ2) is 14.0. The number of fused-ring (bicyclic) bond motifs is 1. The molecule has 3 fully saturated rings. The second-order valence-corrected chi connectivity index (χ2v) is 16.4. The molecule has 0 aliphatic carbocycles. The number of aliphatic hydroxyl groups excluding tert-OH is 1. The van der Waals surface area contributed by atoms with Crippen molar-refractivity contribution < 1.29 is 29.0 Å². The summed E-state index contributed by atoms with van der Waals surface area (Å²) in [6.45, 7) is 27.1. The van der Waals surface area contributed by atoms with Crippen molar-refractivity contribution in [2.75, 3.05) is 31.2 Å². The molecule has 3 aliphatic heterocycles. The Balaban J connectivity index is 1.85. The first-order valence-electron chi connectivity index (χ1n) is 17.6. The summed E-state index contributed by atoms with van der Waals surface area (Å²) in [4.78, 5) is 50.0. The standard InChI is InChI=1S/C39H59N3O6/c1-12-21-40(27-15-17-29(18-16-27)47-14-3)33(44)30-31-34(45)42(28(24-43)23-26(4)5)32(39(31)20-19-38(30,11)48-39)35(46)41(22-13-2)37(9,10)25-36(6,7)8/h12-13,15-18,26,28,30-32,43H,1-2,14,19-25H2,3-11H3/t28-,30-,31+,32?,38+,39?/m1/s1. The zero-order valence-corrected chi connectivity index (χ0v) is 30.8. The maximum atomic E-state index is 15.2. The van der Waals surface area contributed by atoms with Gasteiger partial charge >= 0.3 is 0 Å². The van der Waals surface area contributed by atoms with Crippen LogP contribution in [0.25, 0.3) is 0 Å². The molecular formula is C39H59N3O6. The molecule has 0 saturated carbocycles. The third kappa shape index (κ3) is 6.82. The number of hydrogen-bond acceptors (Lipinski definition) is 6. The number of benzene rings is 1. The summed E-state index contributed by atoms with van der Waals surface area (Å²) in [5, 5.41) is 10.8. The lowest BCUT2D eigenvalue weighted by Crippen LogP contribution is -2.62. The number of aliphatic hydroxyl groups is 1. The fraction of sp³-hybridized carbons (Fsp3) is 0.667. The SMILES string of the molecule is C=CCN(C(=O)[C@H]1[C@H]2C(=O)N([C@@H](CO)CC(C)C)C(C(=O)N(CC=C)C(C)(C)CC(C)(C)C)C23CC[C@]1(C)O3)c1ccc(OCC)cc1. The number of anilines is 1. The van der Waals surface area contributed by atoms with Gasteiger partial charge in [0.25, 0.3) is 0 Å². The molecule has 6 atom stereocenters. The molecule has 2 bridgehead atoms. The Kier molecular flexibility index (Phi) is 11.0. The summed E-state index contributed by atoms with van der Waals surface area (Å²) in [5.41, 5.74) is -2.17. The molecule has 9 heteroatoms. The van der Waals surface area contributed by atoms with E-state index in [2.05, 4.69) is 47.8 Å². The van der Waals surface area contributed by atoms with E-state index in [9.17, 15) is 14.7 Å². The number of hydrogen-bond donors (Lipinski definition) is 1. The Bertz CT molecular complexity index is 1370. The van der Waals surface area contributed by atoms with Crippen LogP contribution < -0.4 is 9.64 Å². The molecule has 1 spiro atoms. The number of ether oxygens (including phenoxy) is 2. The molecule has 1 aromatic carbocycles. The van der Waals surface area contributed by atoms with Gasteiger partial charge in [0.15, 0.2) is 0 Å². The van der Waals surface area contributed by atoms with E-state index in [1.54, 1.807) is 22.0 Å². The van der Waals surface area contributed by atoms with E-state index in [4.69, 9.17) is 9.47 Å². The quantitative estimate of drug-likeness (QED) is 0.231. The smallest absolute Gasteiger partial charge is 0.249 e. The lowest BCUT2D eigenvalue weighted by Gasteiger charge is -2.46. The van der Waals surface area contributed by atoms with Crippen molar-refractivity contribution in [3.05, 3.63) is 49.6 Å². The van der Waals surface area contributed by atoms with Crippen LogP contribution in [0, 0.1) is 23.2 Å². The van der Waals surface area contributed by atoms with Crippen LogP contribution in [0.5, 0.6) is 5.75 Å². The zero-order chi connectivity index (χ0) is 35.8. The third-order valence-electron chi connectivity index (χ3n) is 10.4. The minimum atomic E-state index is -1.22. The van der Waals surface area contributed by atoms with Gasteiger partial charge in [0, 0.05) is 24.3 Å². The van der Waals surface area contributed by atoms with Crippen LogP contribution in [0.15, 0.2) is 49.6 Å². The molecule has 2 unspecified atom stereocenters. The van der Waals surface area contributed by atoms with Gasteiger partial charge in [-0.1, -0.05) is 46.8 Å². The van der Waals surface area contributed by atoms with E-state index in [1.807, 2.05) is 56.9 Å². The van der Waals surface area contributed by atoms with E-state index in [0.29, 0.717) is 50.3 Å². The van der Waals surface area contributed by atoms with Crippen molar-refractivity contribution in [1.29, 1.82) is 0 Å². The molecule has 48 heavy (non-hydrogen) atoms. The Morgan fingerprint density at radius 1 is 1.08 bits per heavy atom. The van der Waals surface area contributed by atoms with Gasteiger partial charge in [-0.15, -0.1) is 13.2 Å². The van der Waals surface area contributed by atoms with Crippen LogP contribution >= 0.6 is 0 Å². The van der Waals surface area contributed by atoms with E-state index in [0.717, 1.165) is 0 Å². The van der Waals surface area contributed by atoms with Crippen LogP contribution in [-0.4, -0.2) is 87.8 Å². The molecule has 0 aromatic heterocycles. The average Bonchev–Trinajstić information content (AvgIpc) is 3.56. The van der Waals surface area contributed by atoms with E-state index < -0.39 is 40.7 Å². The first kappa shape index (κ1) is 37.6. The largest absolute Gasteiger partial charge is 0.494 e. The zero-order valence-electron chi connectivity index (χ0n) is 30.8. The molecule has 9 nitrogen and oxygen atoms in total. The highest BCUT2D eigenvalue weighted by Gasteiger charge is 2.79. The monoisotopic (exact) mass is 665 g/mol. The molecule has 266 valence electrons. The van der Waals surface area contributed by atoms with Crippen molar-refractivity contribution in [3.8, 4) is 5.75 Å². The van der Waals surface area contributed by atoms with Crippen LogP contribution in [0.1, 0.15) is 88.0 Å². The molecular weight excluding hydrogens is 606 g/mol. The molecule has 0 radical (unpaired) electrons. The number of rotatable bonds is 15. The molecule has 3 heterocycles. The predicted molar refractivity (Wildman–Crippen MR) is 190 cm³/mol. The number of nitrogens with zero attached hydrogens (tertiary/aromatic N) is 3. The summed E-state index contributed by atoms with van der Waals surface area (Å²) in [6, 6.07) is 5.72. The number of likely N-dealkylation sites (tertiary alicyclic amines) is 1. The highest BCUT2D eigenvalue weighted by atomic mass is 16.5. The Labute approximate surface area is 288 Å². The first-order chi connectivity index (χ1) is 22.4. The van der Waals surface area contributed by atoms with Crippen molar-refractivity contribution in [1.82, 2.24) is 9.80 Å². The van der Waals surface area contributed by atoms with E-state index in [-0.39, 0.29) is 42.2 Å². The van der Waals surface area contributed by atoms with Gasteiger partial charge in [0.2, 0.25) is 17.7 Å². The molecule has 3 amide bonds. The fourth-order valence-electron chi connectivity index (χ4n) is 9.05. The highest BCUT2D eigenvalue weighted by molar-refractivity contribution is 6.03. The Morgan fingerprint density at radius 3 is 2.23 bits per heavy atom. The summed E-state index contributed by atoms with van der Waals surface area (Å²) in [6.07, 6.45) is 5.60. The fourth-order valence-corrected chi connectivity index (χ4v) is 9.05. The Hall–Kier alpha value is -3.17. The summed E-state index contributed by atoms with van der Waals surface area (Å²) in [7, 11) is 0. The van der Waals surface area contributed by atoms with Crippen molar-refractivity contribution in [2.45, 2.75) is 117 Å².